The van der Waals surface area contributed by atoms with Crippen LogP contribution in [-0.4, -0.2) is 47.2 Å². The summed E-state index contributed by atoms with van der Waals surface area (Å²) in [5, 5.41) is 28.9. The van der Waals surface area contributed by atoms with Crippen LogP contribution >= 0.6 is 0 Å². The van der Waals surface area contributed by atoms with Gasteiger partial charge in [0.15, 0.2) is 0 Å². The topological polar surface area (TPSA) is 226 Å². The van der Waals surface area contributed by atoms with Crippen molar-refractivity contribution in [2.75, 3.05) is 30.7 Å². The number of hydrogen-bond donors (Lipinski definition) is 5. The number of nitro groups is 2. The van der Waals surface area contributed by atoms with Gasteiger partial charge in [0.1, 0.15) is 5.69 Å². The molecule has 14 heteroatoms. The lowest BCUT2D eigenvalue weighted by atomic mass is 10.1. The van der Waals surface area contributed by atoms with E-state index in [0.29, 0.717) is 32.5 Å². The van der Waals surface area contributed by atoms with Gasteiger partial charge in [-0.15, -0.1) is 0 Å². The van der Waals surface area contributed by atoms with Crippen LogP contribution in [0.3, 0.4) is 0 Å². The summed E-state index contributed by atoms with van der Waals surface area (Å²) in [6.45, 7) is 6.09. The van der Waals surface area contributed by atoms with E-state index < -0.39 is 9.85 Å². The zero-order valence-corrected chi connectivity index (χ0v) is 25.0. The summed E-state index contributed by atoms with van der Waals surface area (Å²) in [5.74, 6) is -0.169. The average Bonchev–Trinajstić information content (AvgIpc) is 2.95. The fraction of sp³-hybridized carbons (Fsp3) is 0.300. The SMILES string of the molecule is CC(=O)NCCc1ccc(NC(C)=O)cc1.CC(=O)NCCc1ccc([N+](=O)[O-])cc1.NCCc1ccc(N)c([N+](=O)[O-])c1. The van der Waals surface area contributed by atoms with E-state index in [4.69, 9.17) is 11.5 Å². The number of benzene rings is 3. The molecule has 0 saturated heterocycles. The Kier molecular flexibility index (Phi) is 16.4. The Labute approximate surface area is 255 Å². The van der Waals surface area contributed by atoms with Crippen LogP contribution in [-0.2, 0) is 33.6 Å². The molecule has 14 nitrogen and oxygen atoms in total. The molecule has 3 amide bonds. The van der Waals surface area contributed by atoms with Crippen molar-refractivity contribution in [1.29, 1.82) is 0 Å². The van der Waals surface area contributed by atoms with E-state index in [9.17, 15) is 34.6 Å². The third-order valence-corrected chi connectivity index (χ3v) is 5.72. The molecule has 0 fully saturated rings. The van der Waals surface area contributed by atoms with Crippen molar-refractivity contribution >= 4 is 40.5 Å². The highest BCUT2D eigenvalue weighted by Gasteiger charge is 2.11. The van der Waals surface area contributed by atoms with Gasteiger partial charge in [-0.3, -0.25) is 34.6 Å². The summed E-state index contributed by atoms with van der Waals surface area (Å²) in [6, 6.07) is 18.6. The molecule has 236 valence electrons. The first-order valence-electron chi connectivity index (χ1n) is 13.6. The summed E-state index contributed by atoms with van der Waals surface area (Å²) in [7, 11) is 0. The number of carbonyl (C=O) groups is 3. The van der Waals surface area contributed by atoms with Crippen LogP contribution in [0.4, 0.5) is 22.7 Å². The number of anilines is 2. The van der Waals surface area contributed by atoms with Gasteiger partial charge in [-0.1, -0.05) is 30.3 Å². The summed E-state index contributed by atoms with van der Waals surface area (Å²) in [5.41, 5.74) is 14.7. The first-order valence-corrected chi connectivity index (χ1v) is 13.6. The molecule has 0 aromatic heterocycles. The summed E-state index contributed by atoms with van der Waals surface area (Å²) in [4.78, 5) is 51.9. The van der Waals surface area contributed by atoms with Gasteiger partial charge in [-0.25, -0.2) is 0 Å². The molecular weight excluding hydrogens is 570 g/mol. The number of hydrogen-bond acceptors (Lipinski definition) is 9. The second-order valence-corrected chi connectivity index (χ2v) is 9.46. The van der Waals surface area contributed by atoms with Gasteiger partial charge in [0.05, 0.1) is 9.85 Å². The molecule has 7 N–H and O–H groups in total. The molecule has 44 heavy (non-hydrogen) atoms. The van der Waals surface area contributed by atoms with Crippen LogP contribution in [0, 0.1) is 20.2 Å². The quantitative estimate of drug-likeness (QED) is 0.122. The first-order chi connectivity index (χ1) is 20.8. The Morgan fingerprint density at radius 1 is 0.682 bits per heavy atom. The zero-order chi connectivity index (χ0) is 33.1. The van der Waals surface area contributed by atoms with Crippen molar-refractivity contribution in [2.45, 2.75) is 40.0 Å². The average molecular weight is 610 g/mol. The highest BCUT2D eigenvalue weighted by atomic mass is 16.6. The van der Waals surface area contributed by atoms with Crippen molar-refractivity contribution in [3.05, 3.63) is 104 Å². The number of non-ortho nitro benzene ring substituents is 1. The Balaban J connectivity index is 0.000000332. The van der Waals surface area contributed by atoms with Crippen LogP contribution in [0.15, 0.2) is 66.7 Å². The zero-order valence-electron chi connectivity index (χ0n) is 25.0. The maximum atomic E-state index is 10.8. The predicted octanol–water partition coefficient (Wildman–Crippen LogP) is 3.28. The predicted molar refractivity (Wildman–Crippen MR) is 169 cm³/mol. The number of nitro benzene ring substituents is 2. The second kappa shape index (κ2) is 19.7. The maximum absolute atomic E-state index is 10.8. The summed E-state index contributed by atoms with van der Waals surface area (Å²) < 4.78 is 0. The molecule has 0 spiro atoms. The second-order valence-electron chi connectivity index (χ2n) is 9.46. The van der Waals surface area contributed by atoms with E-state index in [2.05, 4.69) is 16.0 Å². The first kappa shape index (κ1) is 36.7. The fourth-order valence-electron chi connectivity index (χ4n) is 3.58. The minimum absolute atomic E-state index is 0.0186. The monoisotopic (exact) mass is 609 g/mol. The van der Waals surface area contributed by atoms with Crippen LogP contribution in [0.2, 0.25) is 0 Å². The molecule has 0 heterocycles. The maximum Gasteiger partial charge on any atom is 0.292 e. The smallest absolute Gasteiger partial charge is 0.292 e. The highest BCUT2D eigenvalue weighted by molar-refractivity contribution is 5.88. The lowest BCUT2D eigenvalue weighted by Gasteiger charge is -2.05. The summed E-state index contributed by atoms with van der Waals surface area (Å²) in [6.07, 6.45) is 2.10. The summed E-state index contributed by atoms with van der Waals surface area (Å²) >= 11 is 0. The Morgan fingerprint density at radius 3 is 1.57 bits per heavy atom. The standard InChI is InChI=1S/C12H16N2O2.C10H12N2O3.C8H11N3O2/c1-9(15)13-8-7-11-3-5-12(6-4-11)14-10(2)16;1-8(13)11-7-6-9-2-4-10(5-3-9)12(14)15;9-4-3-6-1-2-7(10)8(5-6)11(12)13/h3-6H,7-8H2,1-2H3,(H,13,15)(H,14,16);2-5H,6-7H2,1H3,(H,11,13);1-2,5H,3-4,9-10H2. The van der Waals surface area contributed by atoms with E-state index in [1.165, 1.54) is 45.0 Å². The molecular formula is C30H39N7O7. The molecule has 3 aromatic rings. The highest BCUT2D eigenvalue weighted by Crippen LogP contribution is 2.22. The number of nitrogens with zero attached hydrogens (tertiary/aromatic N) is 2. The van der Waals surface area contributed by atoms with Crippen molar-refractivity contribution in [1.82, 2.24) is 10.6 Å². The number of nitrogen functional groups attached to an aromatic ring is 1. The van der Waals surface area contributed by atoms with Crippen molar-refractivity contribution < 1.29 is 24.2 Å². The lowest BCUT2D eigenvalue weighted by molar-refractivity contribution is -0.384. The molecule has 0 aliphatic heterocycles. The van der Waals surface area contributed by atoms with Crippen LogP contribution in [0.5, 0.6) is 0 Å². The Bertz CT molecular complexity index is 1400. The molecule has 0 aliphatic rings. The van der Waals surface area contributed by atoms with Crippen LogP contribution in [0.25, 0.3) is 0 Å². The normalized spacial score (nSPS) is 9.73. The van der Waals surface area contributed by atoms with E-state index in [1.54, 1.807) is 18.2 Å². The molecule has 0 unspecified atom stereocenters. The third-order valence-electron chi connectivity index (χ3n) is 5.72. The molecule has 0 radical (unpaired) electrons. The van der Waals surface area contributed by atoms with E-state index in [0.717, 1.165) is 28.8 Å². The largest absolute Gasteiger partial charge is 0.393 e. The molecule has 0 atom stereocenters. The van der Waals surface area contributed by atoms with Gasteiger partial charge in [0, 0.05) is 57.7 Å². The van der Waals surface area contributed by atoms with Gasteiger partial charge < -0.3 is 27.4 Å². The van der Waals surface area contributed by atoms with Crippen LogP contribution in [0.1, 0.15) is 37.5 Å². The third kappa shape index (κ3) is 15.6. The minimum atomic E-state index is -0.491. The molecule has 0 bridgehead atoms. The molecule has 0 aliphatic carbocycles. The van der Waals surface area contributed by atoms with Crippen molar-refractivity contribution in [3.8, 4) is 0 Å². The number of amides is 3. The van der Waals surface area contributed by atoms with Crippen LogP contribution < -0.4 is 27.4 Å². The lowest BCUT2D eigenvalue weighted by Crippen LogP contribution is -2.22. The van der Waals surface area contributed by atoms with Gasteiger partial charge >= 0.3 is 0 Å². The Morgan fingerprint density at radius 2 is 1.16 bits per heavy atom. The molecule has 3 aromatic carbocycles. The fourth-order valence-corrected chi connectivity index (χ4v) is 3.58. The van der Waals surface area contributed by atoms with Gasteiger partial charge in [0.25, 0.3) is 11.4 Å². The Hall–Kier alpha value is -5.37. The number of carbonyl (C=O) groups excluding carboxylic acids is 3. The minimum Gasteiger partial charge on any atom is -0.393 e. The van der Waals surface area contributed by atoms with Crippen molar-refractivity contribution in [2.24, 2.45) is 5.73 Å². The van der Waals surface area contributed by atoms with E-state index in [-0.39, 0.29) is 34.8 Å². The molecule has 0 saturated carbocycles. The number of rotatable bonds is 11. The molecule has 3 rings (SSSR count). The van der Waals surface area contributed by atoms with Gasteiger partial charge in [-0.2, -0.15) is 0 Å². The van der Waals surface area contributed by atoms with Gasteiger partial charge in [-0.05, 0) is 60.7 Å². The number of nitrogens with two attached hydrogens (primary N) is 2. The van der Waals surface area contributed by atoms with Gasteiger partial charge in [0.2, 0.25) is 17.7 Å². The van der Waals surface area contributed by atoms with E-state index in [1.807, 2.05) is 24.3 Å². The van der Waals surface area contributed by atoms with Crippen molar-refractivity contribution in [3.63, 3.8) is 0 Å². The van der Waals surface area contributed by atoms with E-state index >= 15 is 0 Å². The number of nitrogens with one attached hydrogen (secondary N) is 3.